The first-order valence-electron chi connectivity index (χ1n) is 5.98. The molecule has 1 heterocycles. The van der Waals surface area contributed by atoms with Crippen LogP contribution in [0.1, 0.15) is 22.4 Å². The lowest BCUT2D eigenvalue weighted by atomic mass is 10.1. The molecule has 0 fully saturated rings. The third-order valence-corrected chi connectivity index (χ3v) is 2.89. The van der Waals surface area contributed by atoms with Gasteiger partial charge in [-0.2, -0.15) is 10.5 Å². The molecule has 1 N–H and O–H groups in total. The number of aryl methyl sites for hydroxylation is 1. The van der Waals surface area contributed by atoms with Crippen molar-refractivity contribution in [3.05, 3.63) is 58.9 Å². The number of aromatic nitrogens is 1. The van der Waals surface area contributed by atoms with Crippen molar-refractivity contribution in [3.8, 4) is 12.1 Å². The predicted octanol–water partition coefficient (Wildman–Crippen LogP) is 2.06. The van der Waals surface area contributed by atoms with E-state index in [0.717, 1.165) is 11.1 Å². The van der Waals surface area contributed by atoms with Gasteiger partial charge in [0, 0.05) is 26.3 Å². The van der Waals surface area contributed by atoms with Gasteiger partial charge in [-0.25, -0.2) is 0 Å². The van der Waals surface area contributed by atoms with Crippen LogP contribution in [0.2, 0.25) is 0 Å². The van der Waals surface area contributed by atoms with Gasteiger partial charge < -0.3 is 9.88 Å². The van der Waals surface area contributed by atoms with E-state index in [1.54, 1.807) is 6.07 Å². The predicted molar refractivity (Wildman–Crippen MR) is 71.8 cm³/mol. The van der Waals surface area contributed by atoms with Gasteiger partial charge in [-0.05, 0) is 29.3 Å². The average Bonchev–Trinajstić information content (AvgIpc) is 2.79. The Balaban J connectivity index is 1.93. The topological polar surface area (TPSA) is 64.5 Å². The smallest absolute Gasteiger partial charge is 0.120 e. The van der Waals surface area contributed by atoms with E-state index in [-0.39, 0.29) is 0 Å². The molecule has 0 aliphatic carbocycles. The Morgan fingerprint density at radius 2 is 1.89 bits per heavy atom. The number of hydrogen-bond donors (Lipinski definition) is 1. The van der Waals surface area contributed by atoms with Crippen molar-refractivity contribution in [2.24, 2.45) is 7.05 Å². The van der Waals surface area contributed by atoms with Crippen LogP contribution in [-0.4, -0.2) is 4.57 Å². The summed E-state index contributed by atoms with van der Waals surface area (Å²) in [4.78, 5) is 0. The largest absolute Gasteiger partial charge is 0.342 e. The summed E-state index contributed by atoms with van der Waals surface area (Å²) in [7, 11) is 1.86. The fourth-order valence-corrected chi connectivity index (χ4v) is 1.94. The molecule has 1 aromatic heterocycles. The molecule has 0 amide bonds. The highest BCUT2D eigenvalue weighted by Gasteiger charge is 2.02. The van der Waals surface area contributed by atoms with Gasteiger partial charge in [0.15, 0.2) is 0 Å². The molecule has 0 radical (unpaired) electrons. The Morgan fingerprint density at radius 1 is 1.11 bits per heavy atom. The van der Waals surface area contributed by atoms with Crippen molar-refractivity contribution >= 4 is 0 Å². The number of nitrogens with one attached hydrogen (secondary N) is 1. The fourth-order valence-electron chi connectivity index (χ4n) is 1.94. The molecule has 4 nitrogen and oxygen atoms in total. The molecule has 0 spiro atoms. The molecule has 0 aliphatic heterocycles. The van der Waals surface area contributed by atoms with Crippen molar-refractivity contribution in [2.45, 2.75) is 13.1 Å². The van der Waals surface area contributed by atoms with Crippen molar-refractivity contribution < 1.29 is 0 Å². The van der Waals surface area contributed by atoms with Crippen LogP contribution in [0.25, 0.3) is 0 Å². The minimum atomic E-state index is 0.656. The van der Waals surface area contributed by atoms with Crippen molar-refractivity contribution in [2.75, 3.05) is 0 Å². The summed E-state index contributed by atoms with van der Waals surface area (Å²) in [6.45, 7) is 1.40. The fraction of sp³-hybridized carbons (Fsp3) is 0.200. The molecular weight excluding hydrogens is 236 g/mol. The highest BCUT2D eigenvalue weighted by atomic mass is 14.9. The van der Waals surface area contributed by atoms with Crippen LogP contribution in [-0.2, 0) is 20.1 Å². The number of hydrogen-bond acceptors (Lipinski definition) is 3. The Labute approximate surface area is 112 Å². The summed E-state index contributed by atoms with van der Waals surface area (Å²) in [5.74, 6) is 0. The first-order chi connectivity index (χ1) is 9.22. The SMILES string of the molecule is Cn1cc(CNCc2cccc(C#N)c2)cc1C#N. The Morgan fingerprint density at radius 3 is 2.58 bits per heavy atom. The Bertz CT molecular complexity index is 656. The number of nitriles is 2. The third kappa shape index (κ3) is 3.22. The van der Waals surface area contributed by atoms with Crippen LogP contribution in [0.15, 0.2) is 36.5 Å². The molecule has 0 bridgehead atoms. The highest BCUT2D eigenvalue weighted by molar-refractivity contribution is 5.33. The molecule has 0 atom stereocenters. The lowest BCUT2D eigenvalue weighted by molar-refractivity contribution is 0.692. The number of rotatable bonds is 4. The second kappa shape index (κ2) is 5.86. The lowest BCUT2D eigenvalue weighted by Crippen LogP contribution is -2.12. The minimum absolute atomic E-state index is 0.656. The molecule has 2 rings (SSSR count). The monoisotopic (exact) mass is 250 g/mol. The second-order valence-electron chi connectivity index (χ2n) is 4.37. The van der Waals surface area contributed by atoms with Crippen molar-refractivity contribution in [3.63, 3.8) is 0 Å². The van der Waals surface area contributed by atoms with E-state index in [2.05, 4.69) is 17.5 Å². The van der Waals surface area contributed by atoms with Gasteiger partial charge in [0.05, 0.1) is 11.6 Å². The standard InChI is InChI=1S/C15H14N4/c1-19-11-14(6-15(19)8-17)10-18-9-13-4-2-3-12(5-13)7-16/h2-6,11,18H,9-10H2,1H3. The Kier molecular flexibility index (Phi) is 3.97. The zero-order valence-electron chi connectivity index (χ0n) is 10.7. The van der Waals surface area contributed by atoms with Gasteiger partial charge in [-0.3, -0.25) is 0 Å². The van der Waals surface area contributed by atoms with E-state index in [1.165, 1.54) is 0 Å². The maximum absolute atomic E-state index is 8.87. The molecular formula is C15H14N4. The third-order valence-electron chi connectivity index (χ3n) is 2.89. The summed E-state index contributed by atoms with van der Waals surface area (Å²) >= 11 is 0. The van der Waals surface area contributed by atoms with E-state index >= 15 is 0 Å². The van der Waals surface area contributed by atoms with Gasteiger partial charge >= 0.3 is 0 Å². The number of benzene rings is 1. The molecule has 2 aromatic rings. The van der Waals surface area contributed by atoms with Gasteiger partial charge in [0.2, 0.25) is 0 Å². The van der Waals surface area contributed by atoms with Gasteiger partial charge in [0.25, 0.3) is 0 Å². The summed E-state index contributed by atoms with van der Waals surface area (Å²) in [6, 6.07) is 13.7. The van der Waals surface area contributed by atoms with Crippen LogP contribution in [0.4, 0.5) is 0 Å². The molecule has 0 aliphatic rings. The van der Waals surface area contributed by atoms with E-state index < -0.39 is 0 Å². The lowest BCUT2D eigenvalue weighted by Gasteiger charge is -2.03. The summed E-state index contributed by atoms with van der Waals surface area (Å²) in [5.41, 5.74) is 3.49. The first-order valence-corrected chi connectivity index (χ1v) is 5.98. The van der Waals surface area contributed by atoms with Gasteiger partial charge in [-0.15, -0.1) is 0 Å². The molecule has 4 heteroatoms. The minimum Gasteiger partial charge on any atom is -0.342 e. The van der Waals surface area contributed by atoms with Crippen LogP contribution in [0, 0.1) is 22.7 Å². The highest BCUT2D eigenvalue weighted by Crippen LogP contribution is 2.07. The molecule has 94 valence electrons. The van der Waals surface area contributed by atoms with E-state index in [1.807, 2.05) is 42.1 Å². The van der Waals surface area contributed by atoms with E-state index in [4.69, 9.17) is 10.5 Å². The maximum atomic E-state index is 8.87. The Hall–Kier alpha value is -2.56. The van der Waals surface area contributed by atoms with Crippen molar-refractivity contribution in [1.82, 2.24) is 9.88 Å². The normalized spacial score (nSPS) is 9.84. The van der Waals surface area contributed by atoms with E-state index in [0.29, 0.717) is 24.3 Å². The zero-order valence-corrected chi connectivity index (χ0v) is 10.7. The van der Waals surface area contributed by atoms with Crippen LogP contribution in [0.3, 0.4) is 0 Å². The molecule has 19 heavy (non-hydrogen) atoms. The maximum Gasteiger partial charge on any atom is 0.120 e. The summed E-state index contributed by atoms with van der Waals surface area (Å²) < 4.78 is 1.81. The zero-order chi connectivity index (χ0) is 13.7. The second-order valence-corrected chi connectivity index (χ2v) is 4.37. The van der Waals surface area contributed by atoms with Gasteiger partial charge in [0.1, 0.15) is 11.8 Å². The van der Waals surface area contributed by atoms with Crippen LogP contribution in [0.5, 0.6) is 0 Å². The van der Waals surface area contributed by atoms with Crippen LogP contribution < -0.4 is 5.32 Å². The van der Waals surface area contributed by atoms with Gasteiger partial charge in [-0.1, -0.05) is 12.1 Å². The molecule has 0 saturated heterocycles. The van der Waals surface area contributed by atoms with Crippen molar-refractivity contribution in [1.29, 1.82) is 10.5 Å². The van der Waals surface area contributed by atoms with E-state index in [9.17, 15) is 0 Å². The van der Waals surface area contributed by atoms with Crippen LogP contribution >= 0.6 is 0 Å². The quantitative estimate of drug-likeness (QED) is 0.903. The average molecular weight is 250 g/mol. The first kappa shape index (κ1) is 12.9. The molecule has 0 unspecified atom stereocenters. The molecule has 0 saturated carbocycles. The summed E-state index contributed by atoms with van der Waals surface area (Å²) in [5, 5.41) is 21.0. The molecule has 1 aromatic carbocycles. The number of nitrogens with zero attached hydrogens (tertiary/aromatic N) is 3. The summed E-state index contributed by atoms with van der Waals surface area (Å²) in [6.07, 6.45) is 1.94.